The van der Waals surface area contributed by atoms with E-state index in [0.717, 1.165) is 46.1 Å². The minimum absolute atomic E-state index is 0.326. The molecule has 3 aromatic rings. The van der Waals surface area contributed by atoms with Gasteiger partial charge in [-0.25, -0.2) is 9.97 Å². The van der Waals surface area contributed by atoms with Crippen LogP contribution in [0, 0.1) is 5.92 Å². The maximum atomic E-state index is 13.0. The Kier molecular flexibility index (Phi) is 6.22. The summed E-state index contributed by atoms with van der Waals surface area (Å²) in [5.74, 6) is 0.345. The lowest BCUT2D eigenvalue weighted by Crippen LogP contribution is -2.22. The number of rotatable bonds is 4. The zero-order valence-electron chi connectivity index (χ0n) is 18.7. The molecular weight excluding hydrogens is 451 g/mol. The molecule has 0 saturated heterocycles. The second-order valence-electron chi connectivity index (χ2n) is 9.29. The highest BCUT2D eigenvalue weighted by Crippen LogP contribution is 2.41. The largest absolute Gasteiger partial charge is 0.433 e. The lowest BCUT2D eigenvalue weighted by molar-refractivity contribution is -0.141. The van der Waals surface area contributed by atoms with Gasteiger partial charge < -0.3 is 10.4 Å². The second kappa shape index (κ2) is 8.68. The number of thiazole rings is 1. The zero-order chi connectivity index (χ0) is 24.0. The number of fused-ring (bicyclic) bond motifs is 1. The van der Waals surface area contributed by atoms with Gasteiger partial charge in [0.25, 0.3) is 5.91 Å². The molecule has 1 fully saturated rings. The molecule has 1 aliphatic carbocycles. The van der Waals surface area contributed by atoms with Crippen molar-refractivity contribution in [2.45, 2.75) is 64.1 Å². The average molecular weight is 478 g/mol. The van der Waals surface area contributed by atoms with Crippen LogP contribution in [0.1, 0.15) is 79.1 Å². The Labute approximate surface area is 194 Å². The first-order valence-electron chi connectivity index (χ1n) is 10.9. The molecule has 0 bridgehead atoms. The van der Waals surface area contributed by atoms with Crippen LogP contribution >= 0.6 is 11.3 Å². The molecule has 2 aromatic heterocycles. The van der Waals surface area contributed by atoms with Crippen molar-refractivity contribution in [2.75, 3.05) is 5.32 Å². The first-order valence-corrected chi connectivity index (χ1v) is 11.8. The van der Waals surface area contributed by atoms with E-state index >= 15 is 0 Å². The Morgan fingerprint density at radius 3 is 2.45 bits per heavy atom. The summed E-state index contributed by atoms with van der Waals surface area (Å²) in [7, 11) is 0. The Bertz CT molecular complexity index is 1180. The highest BCUT2D eigenvalue weighted by atomic mass is 32.1. The van der Waals surface area contributed by atoms with E-state index in [1.54, 1.807) is 37.3 Å². The maximum absolute atomic E-state index is 13.0. The minimum Gasteiger partial charge on any atom is -0.386 e. The van der Waals surface area contributed by atoms with E-state index in [2.05, 4.69) is 17.2 Å². The molecule has 0 spiro atoms. The van der Waals surface area contributed by atoms with Crippen molar-refractivity contribution >= 4 is 33.1 Å². The molecule has 0 atom stereocenters. The van der Waals surface area contributed by atoms with Gasteiger partial charge in [0.1, 0.15) is 11.4 Å². The van der Waals surface area contributed by atoms with Crippen LogP contribution in [0.4, 0.5) is 18.9 Å². The van der Waals surface area contributed by atoms with Gasteiger partial charge in [-0.3, -0.25) is 4.79 Å². The van der Waals surface area contributed by atoms with Crippen LogP contribution in [0.3, 0.4) is 0 Å². The summed E-state index contributed by atoms with van der Waals surface area (Å²) in [6.07, 6.45) is -0.140. The topological polar surface area (TPSA) is 75.1 Å². The highest BCUT2D eigenvalue weighted by Gasteiger charge is 2.33. The summed E-state index contributed by atoms with van der Waals surface area (Å²) in [5, 5.41) is 14.4. The van der Waals surface area contributed by atoms with Gasteiger partial charge in [-0.2, -0.15) is 13.2 Å². The fourth-order valence-corrected chi connectivity index (χ4v) is 5.35. The second-order valence-corrected chi connectivity index (χ2v) is 10.4. The van der Waals surface area contributed by atoms with Crippen molar-refractivity contribution in [1.82, 2.24) is 9.97 Å². The van der Waals surface area contributed by atoms with Crippen LogP contribution in [0.2, 0.25) is 0 Å². The zero-order valence-corrected chi connectivity index (χ0v) is 19.5. The van der Waals surface area contributed by atoms with Crippen LogP contribution in [0.5, 0.6) is 0 Å². The fraction of sp³-hybridized carbons (Fsp3) is 0.458. The number of amides is 1. The predicted molar refractivity (Wildman–Crippen MR) is 122 cm³/mol. The van der Waals surface area contributed by atoms with Gasteiger partial charge in [-0.1, -0.05) is 25.8 Å². The predicted octanol–water partition coefficient (Wildman–Crippen LogP) is 6.48. The Hall–Kier alpha value is -2.52. The third-order valence-corrected chi connectivity index (χ3v) is 7.27. The molecule has 33 heavy (non-hydrogen) atoms. The molecular formula is C24H26F3N3O2S. The van der Waals surface area contributed by atoms with E-state index in [1.807, 2.05) is 0 Å². The lowest BCUT2D eigenvalue weighted by atomic mass is 9.83. The molecule has 1 saturated carbocycles. The molecule has 2 N–H and O–H groups in total. The molecule has 9 heteroatoms. The number of pyridine rings is 1. The number of alkyl halides is 3. The molecule has 4 rings (SSSR count). The summed E-state index contributed by atoms with van der Waals surface area (Å²) in [4.78, 5) is 21.0. The van der Waals surface area contributed by atoms with E-state index in [9.17, 15) is 23.1 Å². The number of anilines is 1. The van der Waals surface area contributed by atoms with Crippen LogP contribution in [0.15, 0.2) is 30.3 Å². The van der Waals surface area contributed by atoms with E-state index in [-0.39, 0.29) is 5.69 Å². The number of hydrogen-bond acceptors (Lipinski definition) is 5. The molecule has 176 valence electrons. The third kappa shape index (κ3) is 5.19. The molecule has 1 amide bonds. The first-order chi connectivity index (χ1) is 15.4. The van der Waals surface area contributed by atoms with Crippen LogP contribution < -0.4 is 5.32 Å². The number of benzene rings is 1. The Balaban J connectivity index is 1.68. The third-order valence-electron chi connectivity index (χ3n) is 6.09. The molecule has 0 unspecified atom stereocenters. The normalized spacial score (nSPS) is 19.6. The van der Waals surface area contributed by atoms with E-state index in [0.29, 0.717) is 17.2 Å². The quantitative estimate of drug-likeness (QED) is 0.451. The standard InChI is InChI=1S/C24H26F3N3O2S/c1-13-7-9-14(10-8-13)22-30-18-11-15(23(2,3)32)17(12-19(18)33-22)29-21(31)16-5-4-6-20(28-16)24(25,26)27/h4-6,11-14,32H,7-10H2,1-3H3,(H,29,31)/t13-,14+. The number of aliphatic hydroxyl groups is 1. The summed E-state index contributed by atoms with van der Waals surface area (Å²) < 4.78 is 39.8. The number of nitrogens with one attached hydrogen (secondary N) is 1. The molecule has 1 aliphatic rings. The van der Waals surface area contributed by atoms with Crippen LogP contribution in [0.25, 0.3) is 10.2 Å². The van der Waals surface area contributed by atoms with Gasteiger partial charge in [0, 0.05) is 17.2 Å². The Morgan fingerprint density at radius 2 is 1.82 bits per heavy atom. The van der Waals surface area contributed by atoms with E-state index in [4.69, 9.17) is 4.98 Å². The van der Waals surface area contributed by atoms with Gasteiger partial charge in [0.05, 0.1) is 20.8 Å². The van der Waals surface area contributed by atoms with Gasteiger partial charge in [0.15, 0.2) is 0 Å². The monoisotopic (exact) mass is 477 g/mol. The molecule has 2 heterocycles. The number of carbonyl (C=O) groups excluding carboxylic acids is 1. The first kappa shape index (κ1) is 23.6. The molecule has 0 aliphatic heterocycles. The van der Waals surface area contributed by atoms with Gasteiger partial charge in [0.2, 0.25) is 0 Å². The van der Waals surface area contributed by atoms with Crippen molar-refractivity contribution in [2.24, 2.45) is 5.92 Å². The lowest BCUT2D eigenvalue weighted by Gasteiger charge is -2.24. The summed E-state index contributed by atoms with van der Waals surface area (Å²) in [5.41, 5.74) is -1.30. The van der Waals surface area contributed by atoms with Crippen molar-refractivity contribution in [3.63, 3.8) is 0 Å². The summed E-state index contributed by atoms with van der Waals surface area (Å²) in [6.45, 7) is 5.43. The fourth-order valence-electron chi connectivity index (χ4n) is 4.19. The number of hydrogen-bond donors (Lipinski definition) is 2. The van der Waals surface area contributed by atoms with Crippen molar-refractivity contribution < 1.29 is 23.1 Å². The SMILES string of the molecule is CC(C)(O)c1cc2nc([C@H]3CC[C@@H](C)CC3)sc2cc1NC(=O)c1cccc(C(F)(F)F)n1. The molecule has 5 nitrogen and oxygen atoms in total. The number of aromatic nitrogens is 2. The van der Waals surface area contributed by atoms with E-state index < -0.39 is 23.4 Å². The highest BCUT2D eigenvalue weighted by molar-refractivity contribution is 7.18. The molecule has 0 radical (unpaired) electrons. The van der Waals surface area contributed by atoms with Crippen LogP contribution in [-0.4, -0.2) is 21.0 Å². The number of halogens is 3. The van der Waals surface area contributed by atoms with Crippen LogP contribution in [-0.2, 0) is 11.8 Å². The average Bonchev–Trinajstić information content (AvgIpc) is 3.15. The summed E-state index contributed by atoms with van der Waals surface area (Å²) >= 11 is 1.56. The van der Waals surface area contributed by atoms with Crippen molar-refractivity contribution in [3.05, 3.63) is 52.3 Å². The summed E-state index contributed by atoms with van der Waals surface area (Å²) in [6, 6.07) is 6.67. The van der Waals surface area contributed by atoms with Crippen molar-refractivity contribution in [1.29, 1.82) is 0 Å². The van der Waals surface area contributed by atoms with Gasteiger partial charge in [-0.05, 0) is 56.9 Å². The van der Waals surface area contributed by atoms with Gasteiger partial charge >= 0.3 is 6.18 Å². The van der Waals surface area contributed by atoms with E-state index in [1.165, 1.54) is 18.9 Å². The molecule has 1 aromatic carbocycles. The maximum Gasteiger partial charge on any atom is 0.433 e. The Morgan fingerprint density at radius 1 is 1.12 bits per heavy atom. The smallest absolute Gasteiger partial charge is 0.386 e. The van der Waals surface area contributed by atoms with Gasteiger partial charge in [-0.15, -0.1) is 11.3 Å². The van der Waals surface area contributed by atoms with Crippen molar-refractivity contribution in [3.8, 4) is 0 Å². The minimum atomic E-state index is -4.65. The number of nitrogens with zero attached hydrogens (tertiary/aromatic N) is 2. The number of carbonyl (C=O) groups is 1.